The second-order valence-electron chi connectivity index (χ2n) is 7.28. The maximum Gasteiger partial charge on any atom is 0.260 e. The number of ether oxygens (including phenoxy) is 1. The van der Waals surface area contributed by atoms with Crippen LogP contribution in [-0.2, 0) is 0 Å². The number of benzene rings is 3. The Labute approximate surface area is 190 Å². The van der Waals surface area contributed by atoms with E-state index in [2.05, 4.69) is 4.98 Å². The Balaban J connectivity index is 1.60. The van der Waals surface area contributed by atoms with Crippen molar-refractivity contribution in [3.8, 4) is 11.5 Å². The summed E-state index contributed by atoms with van der Waals surface area (Å²) < 4.78 is 6.79. The first-order valence-corrected chi connectivity index (χ1v) is 11.1. The predicted molar refractivity (Wildman–Crippen MR) is 128 cm³/mol. The van der Waals surface area contributed by atoms with Crippen LogP contribution in [0.3, 0.4) is 0 Å². The minimum atomic E-state index is -0.108. The first-order valence-electron chi connectivity index (χ1n) is 9.86. The summed E-state index contributed by atoms with van der Waals surface area (Å²) in [5.41, 5.74) is 1.29. The van der Waals surface area contributed by atoms with Crippen LogP contribution in [-0.4, -0.2) is 43.0 Å². The molecule has 7 heteroatoms. The summed E-state index contributed by atoms with van der Waals surface area (Å²) in [7, 11) is 3.96. The molecule has 0 aliphatic heterocycles. The lowest BCUT2D eigenvalue weighted by atomic mass is 10.2. The molecule has 158 valence electrons. The topological polar surface area (TPSA) is 45.7 Å². The van der Waals surface area contributed by atoms with Gasteiger partial charge in [0.15, 0.2) is 5.13 Å². The average molecular weight is 452 g/mol. The van der Waals surface area contributed by atoms with Crippen LogP contribution in [0, 0.1) is 0 Å². The standard InChI is InChI=1S/C24H22ClN3O2S/c1-27(2)15-16-28(24-26-22-20(25)9-6-10-21(22)31-24)23(29)17-11-13-19(14-12-17)30-18-7-4-3-5-8-18/h3-14H,15-16H2,1-2H3. The summed E-state index contributed by atoms with van der Waals surface area (Å²) in [6, 6.07) is 22.4. The van der Waals surface area contributed by atoms with E-state index < -0.39 is 0 Å². The maximum absolute atomic E-state index is 13.4. The van der Waals surface area contributed by atoms with Crippen molar-refractivity contribution < 1.29 is 9.53 Å². The van der Waals surface area contributed by atoms with Gasteiger partial charge in [-0.05, 0) is 62.6 Å². The van der Waals surface area contributed by atoms with Crippen LogP contribution in [0.2, 0.25) is 5.02 Å². The SMILES string of the molecule is CN(C)CCN(C(=O)c1ccc(Oc2ccccc2)cc1)c1nc2c(Cl)cccc2s1. The van der Waals surface area contributed by atoms with E-state index >= 15 is 0 Å². The molecule has 1 amide bonds. The van der Waals surface area contributed by atoms with Crippen molar-refractivity contribution in [3.05, 3.63) is 83.4 Å². The molecule has 5 nitrogen and oxygen atoms in total. The molecule has 0 aliphatic carbocycles. The third-order valence-electron chi connectivity index (χ3n) is 4.69. The number of likely N-dealkylation sites (N-methyl/N-ethyl adjacent to an activating group) is 1. The third-order valence-corrected chi connectivity index (χ3v) is 6.03. The van der Waals surface area contributed by atoms with Crippen molar-refractivity contribution in [2.24, 2.45) is 0 Å². The summed E-state index contributed by atoms with van der Waals surface area (Å²) >= 11 is 7.77. The number of carbonyl (C=O) groups is 1. The largest absolute Gasteiger partial charge is 0.457 e. The second-order valence-corrected chi connectivity index (χ2v) is 8.70. The van der Waals surface area contributed by atoms with E-state index in [1.165, 1.54) is 11.3 Å². The number of carbonyl (C=O) groups excluding carboxylic acids is 1. The Kier molecular flexibility index (Phi) is 6.51. The quantitative estimate of drug-likeness (QED) is 0.348. The number of para-hydroxylation sites is 2. The molecule has 0 N–H and O–H groups in total. The molecule has 0 saturated heterocycles. The number of hydrogen-bond acceptors (Lipinski definition) is 5. The summed E-state index contributed by atoms with van der Waals surface area (Å²) in [5.74, 6) is 1.32. The number of amides is 1. The van der Waals surface area contributed by atoms with Gasteiger partial charge in [0, 0.05) is 18.7 Å². The number of hydrogen-bond donors (Lipinski definition) is 0. The summed E-state index contributed by atoms with van der Waals surface area (Å²) in [6.07, 6.45) is 0. The molecule has 0 atom stereocenters. The minimum Gasteiger partial charge on any atom is -0.457 e. The molecule has 3 aromatic carbocycles. The van der Waals surface area contributed by atoms with E-state index in [1.54, 1.807) is 29.2 Å². The number of aromatic nitrogens is 1. The van der Waals surface area contributed by atoms with Crippen LogP contribution in [0.1, 0.15) is 10.4 Å². The molecule has 0 radical (unpaired) electrons. The van der Waals surface area contributed by atoms with E-state index in [9.17, 15) is 4.79 Å². The van der Waals surface area contributed by atoms with E-state index in [1.807, 2.05) is 67.5 Å². The Morgan fingerprint density at radius 3 is 2.32 bits per heavy atom. The van der Waals surface area contributed by atoms with Gasteiger partial charge in [-0.3, -0.25) is 9.69 Å². The predicted octanol–water partition coefficient (Wildman–Crippen LogP) is 5.95. The van der Waals surface area contributed by atoms with Crippen LogP contribution in [0.25, 0.3) is 10.2 Å². The van der Waals surface area contributed by atoms with Gasteiger partial charge in [0.2, 0.25) is 0 Å². The zero-order valence-electron chi connectivity index (χ0n) is 17.3. The van der Waals surface area contributed by atoms with Crippen LogP contribution in [0.5, 0.6) is 11.5 Å². The van der Waals surface area contributed by atoms with E-state index in [0.717, 1.165) is 16.0 Å². The fourth-order valence-electron chi connectivity index (χ4n) is 3.05. The molecule has 0 unspecified atom stereocenters. The Morgan fingerprint density at radius 2 is 1.65 bits per heavy atom. The minimum absolute atomic E-state index is 0.108. The van der Waals surface area contributed by atoms with Gasteiger partial charge in [-0.15, -0.1) is 0 Å². The Bertz CT molecular complexity index is 1180. The molecule has 0 spiro atoms. The number of anilines is 1. The fourth-order valence-corrected chi connectivity index (χ4v) is 4.34. The van der Waals surface area contributed by atoms with Crippen LogP contribution in [0.4, 0.5) is 5.13 Å². The highest BCUT2D eigenvalue weighted by Gasteiger charge is 2.22. The van der Waals surface area contributed by atoms with Gasteiger partial charge in [0.1, 0.15) is 17.0 Å². The molecular weight excluding hydrogens is 430 g/mol. The maximum atomic E-state index is 13.4. The van der Waals surface area contributed by atoms with Gasteiger partial charge in [-0.2, -0.15) is 0 Å². The molecule has 1 heterocycles. The number of rotatable bonds is 7. The van der Waals surface area contributed by atoms with Crippen molar-refractivity contribution in [1.82, 2.24) is 9.88 Å². The van der Waals surface area contributed by atoms with Crippen LogP contribution in [0.15, 0.2) is 72.8 Å². The van der Waals surface area contributed by atoms with Crippen molar-refractivity contribution in [2.75, 3.05) is 32.1 Å². The molecule has 1 aromatic heterocycles. The normalized spacial score (nSPS) is 11.1. The Morgan fingerprint density at radius 1 is 0.935 bits per heavy atom. The number of thiazole rings is 1. The second kappa shape index (κ2) is 9.47. The van der Waals surface area contributed by atoms with Gasteiger partial charge in [0.25, 0.3) is 5.91 Å². The molecule has 4 aromatic rings. The first-order chi connectivity index (χ1) is 15.0. The molecule has 0 saturated carbocycles. The lowest BCUT2D eigenvalue weighted by Gasteiger charge is -2.22. The smallest absolute Gasteiger partial charge is 0.260 e. The zero-order valence-corrected chi connectivity index (χ0v) is 18.9. The van der Waals surface area contributed by atoms with E-state index in [0.29, 0.717) is 34.6 Å². The number of nitrogens with zero attached hydrogens (tertiary/aromatic N) is 3. The average Bonchev–Trinajstić information content (AvgIpc) is 3.20. The molecular formula is C24H22ClN3O2S. The summed E-state index contributed by atoms with van der Waals surface area (Å²) in [4.78, 5) is 21.8. The molecule has 0 fully saturated rings. The Hall–Kier alpha value is -2.93. The highest BCUT2D eigenvalue weighted by molar-refractivity contribution is 7.22. The summed E-state index contributed by atoms with van der Waals surface area (Å²) in [6.45, 7) is 1.23. The number of halogens is 1. The van der Waals surface area contributed by atoms with E-state index in [4.69, 9.17) is 16.3 Å². The van der Waals surface area contributed by atoms with Gasteiger partial charge in [-0.25, -0.2) is 4.98 Å². The van der Waals surface area contributed by atoms with Gasteiger partial charge < -0.3 is 9.64 Å². The molecule has 0 bridgehead atoms. The van der Waals surface area contributed by atoms with Gasteiger partial charge in [-0.1, -0.05) is 47.2 Å². The van der Waals surface area contributed by atoms with Crippen molar-refractivity contribution >= 4 is 44.2 Å². The van der Waals surface area contributed by atoms with Crippen molar-refractivity contribution in [2.45, 2.75) is 0 Å². The highest BCUT2D eigenvalue weighted by atomic mass is 35.5. The van der Waals surface area contributed by atoms with Crippen LogP contribution >= 0.6 is 22.9 Å². The van der Waals surface area contributed by atoms with E-state index in [-0.39, 0.29) is 5.91 Å². The lowest BCUT2D eigenvalue weighted by Crippen LogP contribution is -2.36. The molecule has 31 heavy (non-hydrogen) atoms. The fraction of sp³-hybridized carbons (Fsp3) is 0.167. The lowest BCUT2D eigenvalue weighted by molar-refractivity contribution is 0.0985. The van der Waals surface area contributed by atoms with Gasteiger partial charge in [0.05, 0.1) is 9.72 Å². The first kappa shape index (κ1) is 21.3. The third kappa shape index (κ3) is 5.05. The van der Waals surface area contributed by atoms with Crippen molar-refractivity contribution in [1.29, 1.82) is 0 Å². The highest BCUT2D eigenvalue weighted by Crippen LogP contribution is 2.33. The molecule has 0 aliphatic rings. The van der Waals surface area contributed by atoms with Crippen molar-refractivity contribution in [3.63, 3.8) is 0 Å². The van der Waals surface area contributed by atoms with Crippen LogP contribution < -0.4 is 9.64 Å². The number of fused-ring (bicyclic) bond motifs is 1. The molecule has 4 rings (SSSR count). The zero-order chi connectivity index (χ0) is 21.8. The summed E-state index contributed by atoms with van der Waals surface area (Å²) in [5, 5.41) is 1.22. The van der Waals surface area contributed by atoms with Gasteiger partial charge >= 0.3 is 0 Å². The monoisotopic (exact) mass is 451 g/mol.